The van der Waals surface area contributed by atoms with Gasteiger partial charge < -0.3 is 0 Å². The van der Waals surface area contributed by atoms with Crippen molar-refractivity contribution in [2.45, 2.75) is 46.5 Å². The Balaban J connectivity index is 2.21. The quantitative estimate of drug-likeness (QED) is 0.712. The van der Waals surface area contributed by atoms with E-state index in [0.29, 0.717) is 17.6 Å². The monoisotopic (exact) mass is 228 g/mol. The summed E-state index contributed by atoms with van der Waals surface area (Å²) in [6, 6.07) is 0. The molecule has 1 rings (SSSR count). The zero-order valence-electron chi connectivity index (χ0n) is 10.3. The van der Waals surface area contributed by atoms with Crippen molar-refractivity contribution in [3.05, 3.63) is 0 Å². The largest absolute Gasteiger partial charge is 0.298 e. The summed E-state index contributed by atoms with van der Waals surface area (Å²) in [6.07, 6.45) is 4.86. The Bertz CT molecular complexity index is 201. The van der Waals surface area contributed by atoms with Crippen LogP contribution < -0.4 is 0 Å². The molecular weight excluding hydrogens is 204 g/mol. The van der Waals surface area contributed by atoms with Crippen LogP contribution in [0.25, 0.3) is 0 Å². The van der Waals surface area contributed by atoms with Gasteiger partial charge in [-0.3, -0.25) is 4.79 Å². The zero-order chi connectivity index (χ0) is 11.3. The van der Waals surface area contributed by atoms with Crippen molar-refractivity contribution in [2.75, 3.05) is 11.5 Å². The predicted molar refractivity (Wildman–Crippen MR) is 68.3 cm³/mol. The molecule has 0 aliphatic heterocycles. The summed E-state index contributed by atoms with van der Waals surface area (Å²) < 4.78 is 0. The summed E-state index contributed by atoms with van der Waals surface area (Å²) in [7, 11) is 0. The molecule has 1 aliphatic carbocycles. The standard InChI is InChI=1S/C13H24OS/c1-10(2)8-15-9-13(14)12-6-4-5-11(3)7-12/h10-12H,4-9H2,1-3H3. The first kappa shape index (κ1) is 13.1. The van der Waals surface area contributed by atoms with E-state index in [-0.39, 0.29) is 0 Å². The SMILES string of the molecule is CC(C)CSCC(=O)C1CCCC(C)C1. The van der Waals surface area contributed by atoms with Gasteiger partial charge in [0.1, 0.15) is 5.78 Å². The summed E-state index contributed by atoms with van der Waals surface area (Å²) >= 11 is 1.81. The molecule has 1 aliphatic rings. The van der Waals surface area contributed by atoms with Crippen LogP contribution in [0.15, 0.2) is 0 Å². The molecule has 0 saturated heterocycles. The Hall–Kier alpha value is 0.0200. The third-order valence-electron chi connectivity index (χ3n) is 3.09. The van der Waals surface area contributed by atoms with E-state index < -0.39 is 0 Å². The van der Waals surface area contributed by atoms with Gasteiger partial charge in [0, 0.05) is 5.92 Å². The lowest BCUT2D eigenvalue weighted by Crippen LogP contribution is -2.23. The van der Waals surface area contributed by atoms with E-state index in [9.17, 15) is 4.79 Å². The van der Waals surface area contributed by atoms with E-state index in [0.717, 1.165) is 30.3 Å². The van der Waals surface area contributed by atoms with E-state index in [2.05, 4.69) is 20.8 Å². The van der Waals surface area contributed by atoms with Crippen LogP contribution >= 0.6 is 11.8 Å². The van der Waals surface area contributed by atoms with Crippen LogP contribution in [-0.4, -0.2) is 17.3 Å². The summed E-state index contributed by atoms with van der Waals surface area (Å²) in [5.74, 6) is 4.22. The molecule has 0 heterocycles. The highest BCUT2D eigenvalue weighted by Gasteiger charge is 2.24. The molecule has 0 spiro atoms. The lowest BCUT2D eigenvalue weighted by atomic mass is 9.81. The molecule has 2 unspecified atom stereocenters. The third-order valence-corrected chi connectivity index (χ3v) is 4.48. The van der Waals surface area contributed by atoms with E-state index in [1.54, 1.807) is 0 Å². The molecule has 0 amide bonds. The minimum absolute atomic E-state index is 0.383. The van der Waals surface area contributed by atoms with Crippen LogP contribution in [0.5, 0.6) is 0 Å². The van der Waals surface area contributed by atoms with E-state index in [1.165, 1.54) is 12.8 Å². The topological polar surface area (TPSA) is 17.1 Å². The Morgan fingerprint density at radius 1 is 1.40 bits per heavy atom. The smallest absolute Gasteiger partial charge is 0.145 e. The summed E-state index contributed by atoms with van der Waals surface area (Å²) in [5.41, 5.74) is 0. The Morgan fingerprint density at radius 2 is 2.13 bits per heavy atom. The van der Waals surface area contributed by atoms with E-state index >= 15 is 0 Å². The molecule has 88 valence electrons. The van der Waals surface area contributed by atoms with Gasteiger partial charge >= 0.3 is 0 Å². The molecule has 0 aromatic rings. The van der Waals surface area contributed by atoms with Gasteiger partial charge in [-0.05, 0) is 30.4 Å². The fourth-order valence-corrected chi connectivity index (χ4v) is 3.27. The van der Waals surface area contributed by atoms with E-state index in [4.69, 9.17) is 0 Å². The second-order valence-electron chi connectivity index (χ2n) is 5.34. The Kier molecular flexibility index (Phi) is 5.73. The summed E-state index contributed by atoms with van der Waals surface area (Å²) in [6.45, 7) is 6.70. The van der Waals surface area contributed by atoms with Gasteiger partial charge in [-0.1, -0.05) is 33.6 Å². The Labute approximate surface area is 98.4 Å². The summed E-state index contributed by atoms with van der Waals surface area (Å²) in [5, 5.41) is 0. The molecule has 0 aromatic carbocycles. The number of hydrogen-bond acceptors (Lipinski definition) is 2. The molecule has 0 N–H and O–H groups in total. The number of rotatable bonds is 5. The number of ketones is 1. The highest BCUT2D eigenvalue weighted by Crippen LogP contribution is 2.29. The van der Waals surface area contributed by atoms with Crippen molar-refractivity contribution in [2.24, 2.45) is 17.8 Å². The van der Waals surface area contributed by atoms with Gasteiger partial charge in [0.25, 0.3) is 0 Å². The molecule has 1 nitrogen and oxygen atoms in total. The third kappa shape index (κ3) is 5.05. The number of thioether (sulfide) groups is 1. The molecule has 0 radical (unpaired) electrons. The lowest BCUT2D eigenvalue weighted by Gasteiger charge is -2.25. The lowest BCUT2D eigenvalue weighted by molar-refractivity contribution is -0.121. The van der Waals surface area contributed by atoms with Gasteiger partial charge in [0.05, 0.1) is 5.75 Å². The van der Waals surface area contributed by atoms with Crippen molar-refractivity contribution in [1.82, 2.24) is 0 Å². The predicted octanol–water partition coefficient (Wildman–Crippen LogP) is 3.77. The number of carbonyl (C=O) groups is 1. The fourth-order valence-electron chi connectivity index (χ4n) is 2.24. The van der Waals surface area contributed by atoms with Gasteiger partial charge in [0.15, 0.2) is 0 Å². The average molecular weight is 228 g/mol. The van der Waals surface area contributed by atoms with Crippen LogP contribution in [0.2, 0.25) is 0 Å². The Morgan fingerprint density at radius 3 is 2.73 bits per heavy atom. The molecule has 2 atom stereocenters. The van der Waals surface area contributed by atoms with E-state index in [1.807, 2.05) is 11.8 Å². The molecule has 1 fully saturated rings. The molecule has 0 aromatic heterocycles. The van der Waals surface area contributed by atoms with Crippen molar-refractivity contribution < 1.29 is 4.79 Å². The number of carbonyl (C=O) groups excluding carboxylic acids is 1. The number of hydrogen-bond donors (Lipinski definition) is 0. The van der Waals surface area contributed by atoms with Gasteiger partial charge in [0.2, 0.25) is 0 Å². The highest BCUT2D eigenvalue weighted by molar-refractivity contribution is 7.99. The normalized spacial score (nSPS) is 26.9. The second-order valence-corrected chi connectivity index (χ2v) is 6.37. The van der Waals surface area contributed by atoms with Gasteiger partial charge in [-0.2, -0.15) is 11.8 Å². The minimum Gasteiger partial charge on any atom is -0.298 e. The van der Waals surface area contributed by atoms with Crippen molar-refractivity contribution in [3.63, 3.8) is 0 Å². The maximum absolute atomic E-state index is 11.9. The van der Waals surface area contributed by atoms with Crippen LogP contribution in [-0.2, 0) is 4.79 Å². The maximum atomic E-state index is 11.9. The highest BCUT2D eigenvalue weighted by atomic mass is 32.2. The van der Waals surface area contributed by atoms with Gasteiger partial charge in [-0.25, -0.2) is 0 Å². The molecule has 15 heavy (non-hydrogen) atoms. The van der Waals surface area contributed by atoms with Crippen LogP contribution in [0.3, 0.4) is 0 Å². The minimum atomic E-state index is 0.383. The first-order chi connectivity index (χ1) is 7.09. The molecule has 1 saturated carbocycles. The molecule has 2 heteroatoms. The van der Waals surface area contributed by atoms with Crippen molar-refractivity contribution in [3.8, 4) is 0 Å². The van der Waals surface area contributed by atoms with Crippen molar-refractivity contribution >= 4 is 17.5 Å². The number of Topliss-reactive ketones (excluding diaryl/α,β-unsaturated/α-hetero) is 1. The fraction of sp³-hybridized carbons (Fsp3) is 0.923. The van der Waals surface area contributed by atoms with Crippen LogP contribution in [0.1, 0.15) is 46.5 Å². The van der Waals surface area contributed by atoms with Crippen LogP contribution in [0.4, 0.5) is 0 Å². The molecular formula is C13H24OS. The second kappa shape index (κ2) is 6.57. The summed E-state index contributed by atoms with van der Waals surface area (Å²) in [4.78, 5) is 11.9. The van der Waals surface area contributed by atoms with Crippen LogP contribution in [0, 0.1) is 17.8 Å². The van der Waals surface area contributed by atoms with Gasteiger partial charge in [-0.15, -0.1) is 0 Å². The molecule has 0 bridgehead atoms. The average Bonchev–Trinajstić information content (AvgIpc) is 2.17. The first-order valence-corrected chi connectivity index (χ1v) is 7.35. The van der Waals surface area contributed by atoms with Crippen molar-refractivity contribution in [1.29, 1.82) is 0 Å². The zero-order valence-corrected chi connectivity index (χ0v) is 11.1. The maximum Gasteiger partial charge on any atom is 0.145 e. The first-order valence-electron chi connectivity index (χ1n) is 6.20.